The number of rotatable bonds is 4. The predicted octanol–water partition coefficient (Wildman–Crippen LogP) is 1.12. The molecule has 0 unspecified atom stereocenters. The van der Waals surface area contributed by atoms with E-state index in [4.69, 9.17) is 14.7 Å². The molecular weight excluding hydrogens is 210 g/mol. The van der Waals surface area contributed by atoms with Gasteiger partial charge in [0, 0.05) is 6.07 Å². The average molecular weight is 221 g/mol. The number of esters is 1. The smallest absolute Gasteiger partial charge is 0.343 e. The second-order valence-corrected chi connectivity index (χ2v) is 2.84. The van der Waals surface area contributed by atoms with Crippen LogP contribution in [0.3, 0.4) is 0 Å². The molecule has 0 bridgehead atoms. The summed E-state index contributed by atoms with van der Waals surface area (Å²) in [6, 6.07) is 6.66. The highest BCUT2D eigenvalue weighted by Gasteiger charge is 2.08. The van der Waals surface area contributed by atoms with E-state index in [1.807, 2.05) is 6.07 Å². The molecule has 0 saturated heterocycles. The maximum atomic E-state index is 10.9. The Balaban J connectivity index is 2.80. The number of methoxy groups -OCH3 is 2. The number of hydrogen-bond donors (Lipinski definition) is 0. The molecule has 0 saturated carbocycles. The summed E-state index contributed by atoms with van der Waals surface area (Å²) in [4.78, 5) is 10.9. The summed E-state index contributed by atoms with van der Waals surface area (Å²) in [6.45, 7) is -0.196. The molecular formula is C11H11NO4. The molecule has 0 aliphatic carbocycles. The third-order valence-corrected chi connectivity index (χ3v) is 1.87. The van der Waals surface area contributed by atoms with E-state index in [1.54, 1.807) is 12.1 Å². The normalized spacial score (nSPS) is 9.06. The minimum atomic E-state index is -0.480. The number of nitriles is 1. The van der Waals surface area contributed by atoms with Crippen LogP contribution < -0.4 is 9.47 Å². The lowest BCUT2D eigenvalue weighted by atomic mass is 10.2. The van der Waals surface area contributed by atoms with Crippen LogP contribution in [0.4, 0.5) is 0 Å². The molecule has 0 atom stereocenters. The molecule has 1 rings (SSSR count). The molecule has 0 heterocycles. The van der Waals surface area contributed by atoms with Crippen molar-refractivity contribution in [3.63, 3.8) is 0 Å². The standard InChI is InChI=1S/C11H11NO4/c1-14-10-5-8(6-12)3-4-9(10)16-7-11(13)15-2/h3-5H,7H2,1-2H3. The molecule has 5 nitrogen and oxygen atoms in total. The Morgan fingerprint density at radius 2 is 2.12 bits per heavy atom. The first-order valence-corrected chi connectivity index (χ1v) is 4.49. The van der Waals surface area contributed by atoms with Crippen molar-refractivity contribution in [1.82, 2.24) is 0 Å². The van der Waals surface area contributed by atoms with E-state index in [0.717, 1.165) is 0 Å². The lowest BCUT2D eigenvalue weighted by Crippen LogP contribution is -2.12. The van der Waals surface area contributed by atoms with Crippen LogP contribution in [0.5, 0.6) is 11.5 Å². The van der Waals surface area contributed by atoms with Gasteiger partial charge in [0.2, 0.25) is 0 Å². The maximum absolute atomic E-state index is 10.9. The monoisotopic (exact) mass is 221 g/mol. The molecule has 1 aromatic carbocycles. The number of carbonyl (C=O) groups is 1. The zero-order valence-corrected chi connectivity index (χ0v) is 9.02. The van der Waals surface area contributed by atoms with Gasteiger partial charge in [0.05, 0.1) is 25.9 Å². The van der Waals surface area contributed by atoms with Gasteiger partial charge < -0.3 is 14.2 Å². The van der Waals surface area contributed by atoms with Crippen molar-refractivity contribution in [3.8, 4) is 17.6 Å². The topological polar surface area (TPSA) is 68.5 Å². The highest BCUT2D eigenvalue weighted by Crippen LogP contribution is 2.27. The Hall–Kier alpha value is -2.22. The zero-order valence-electron chi connectivity index (χ0n) is 9.02. The van der Waals surface area contributed by atoms with Crippen LogP contribution in [-0.2, 0) is 9.53 Å². The van der Waals surface area contributed by atoms with E-state index >= 15 is 0 Å². The molecule has 0 N–H and O–H groups in total. The molecule has 5 heteroatoms. The maximum Gasteiger partial charge on any atom is 0.343 e. The molecule has 1 aromatic rings. The quantitative estimate of drug-likeness (QED) is 0.712. The van der Waals surface area contributed by atoms with Gasteiger partial charge in [-0.05, 0) is 12.1 Å². The summed E-state index contributed by atoms with van der Waals surface area (Å²) in [5, 5.41) is 8.68. The van der Waals surface area contributed by atoms with Gasteiger partial charge in [-0.25, -0.2) is 4.79 Å². The van der Waals surface area contributed by atoms with Gasteiger partial charge in [-0.2, -0.15) is 5.26 Å². The average Bonchev–Trinajstić information content (AvgIpc) is 2.35. The Labute approximate surface area is 93.2 Å². The molecule has 0 radical (unpaired) electrons. The first kappa shape index (κ1) is 11.9. The highest BCUT2D eigenvalue weighted by atomic mass is 16.6. The van der Waals surface area contributed by atoms with Gasteiger partial charge in [-0.3, -0.25) is 0 Å². The van der Waals surface area contributed by atoms with E-state index in [9.17, 15) is 4.79 Å². The van der Waals surface area contributed by atoms with Crippen molar-refractivity contribution in [2.45, 2.75) is 0 Å². The summed E-state index contributed by atoms with van der Waals surface area (Å²) in [5.74, 6) is 0.321. The van der Waals surface area contributed by atoms with Crippen LogP contribution in [0.15, 0.2) is 18.2 Å². The van der Waals surface area contributed by atoms with Crippen molar-refractivity contribution < 1.29 is 19.0 Å². The predicted molar refractivity (Wildman–Crippen MR) is 55.2 cm³/mol. The van der Waals surface area contributed by atoms with Crippen LogP contribution in [-0.4, -0.2) is 26.8 Å². The number of carbonyl (C=O) groups excluding carboxylic acids is 1. The van der Waals surface area contributed by atoms with E-state index in [1.165, 1.54) is 20.3 Å². The second-order valence-electron chi connectivity index (χ2n) is 2.84. The SMILES string of the molecule is COC(=O)COc1ccc(C#N)cc1OC. The third kappa shape index (κ3) is 2.89. The summed E-state index contributed by atoms with van der Waals surface area (Å²) in [7, 11) is 2.74. The highest BCUT2D eigenvalue weighted by molar-refractivity contribution is 5.71. The van der Waals surface area contributed by atoms with Crippen molar-refractivity contribution in [2.75, 3.05) is 20.8 Å². The Bertz CT molecular complexity index is 422. The van der Waals surface area contributed by atoms with Gasteiger partial charge in [-0.1, -0.05) is 0 Å². The van der Waals surface area contributed by atoms with Crippen LogP contribution in [0.2, 0.25) is 0 Å². The first-order valence-electron chi connectivity index (χ1n) is 4.49. The lowest BCUT2D eigenvalue weighted by molar-refractivity contribution is -0.142. The van der Waals surface area contributed by atoms with Crippen molar-refractivity contribution >= 4 is 5.97 Å². The minimum absolute atomic E-state index is 0.196. The van der Waals surface area contributed by atoms with Gasteiger partial charge in [-0.15, -0.1) is 0 Å². The van der Waals surface area contributed by atoms with Gasteiger partial charge in [0.15, 0.2) is 18.1 Å². The Kier molecular flexibility index (Phi) is 4.16. The molecule has 0 aliphatic rings. The molecule has 84 valence electrons. The fourth-order valence-electron chi connectivity index (χ4n) is 1.05. The number of nitrogens with zero attached hydrogens (tertiary/aromatic N) is 1. The van der Waals surface area contributed by atoms with E-state index in [2.05, 4.69) is 4.74 Å². The summed E-state index contributed by atoms with van der Waals surface area (Å²) in [6.07, 6.45) is 0. The second kappa shape index (κ2) is 5.61. The summed E-state index contributed by atoms with van der Waals surface area (Å²) >= 11 is 0. The fraction of sp³-hybridized carbons (Fsp3) is 0.273. The van der Waals surface area contributed by atoms with Gasteiger partial charge in [0.1, 0.15) is 0 Å². The Morgan fingerprint density at radius 3 is 2.69 bits per heavy atom. The van der Waals surface area contributed by atoms with Gasteiger partial charge in [0.25, 0.3) is 0 Å². The summed E-state index contributed by atoms with van der Waals surface area (Å²) < 4.78 is 14.6. The molecule has 0 spiro atoms. The van der Waals surface area contributed by atoms with E-state index in [0.29, 0.717) is 17.1 Å². The first-order chi connectivity index (χ1) is 7.71. The minimum Gasteiger partial charge on any atom is -0.493 e. The Morgan fingerprint density at radius 1 is 1.38 bits per heavy atom. The summed E-state index contributed by atoms with van der Waals surface area (Å²) in [5.41, 5.74) is 0.460. The number of hydrogen-bond acceptors (Lipinski definition) is 5. The van der Waals surface area contributed by atoms with Gasteiger partial charge >= 0.3 is 5.97 Å². The number of benzene rings is 1. The lowest BCUT2D eigenvalue weighted by Gasteiger charge is -2.09. The molecule has 0 aromatic heterocycles. The number of ether oxygens (including phenoxy) is 3. The fourth-order valence-corrected chi connectivity index (χ4v) is 1.05. The van der Waals surface area contributed by atoms with Crippen LogP contribution >= 0.6 is 0 Å². The third-order valence-electron chi connectivity index (χ3n) is 1.87. The largest absolute Gasteiger partial charge is 0.493 e. The molecule has 0 amide bonds. The molecule has 0 aliphatic heterocycles. The zero-order chi connectivity index (χ0) is 12.0. The van der Waals surface area contributed by atoms with Crippen LogP contribution in [0.25, 0.3) is 0 Å². The van der Waals surface area contributed by atoms with Crippen molar-refractivity contribution in [3.05, 3.63) is 23.8 Å². The van der Waals surface area contributed by atoms with E-state index in [-0.39, 0.29) is 6.61 Å². The van der Waals surface area contributed by atoms with Crippen molar-refractivity contribution in [1.29, 1.82) is 5.26 Å². The molecule has 0 fully saturated rings. The van der Waals surface area contributed by atoms with Crippen molar-refractivity contribution in [2.24, 2.45) is 0 Å². The van der Waals surface area contributed by atoms with Crippen LogP contribution in [0.1, 0.15) is 5.56 Å². The van der Waals surface area contributed by atoms with Crippen LogP contribution in [0, 0.1) is 11.3 Å². The molecule has 16 heavy (non-hydrogen) atoms. The van der Waals surface area contributed by atoms with E-state index < -0.39 is 5.97 Å².